The summed E-state index contributed by atoms with van der Waals surface area (Å²) in [5.41, 5.74) is 0.829. The Balaban J connectivity index is 1.96. The molecular weight excluding hydrogens is 188 g/mol. The third kappa shape index (κ3) is 2.52. The Labute approximate surface area is 89.4 Å². The van der Waals surface area contributed by atoms with Gasteiger partial charge in [0.05, 0.1) is 6.20 Å². The maximum atomic E-state index is 4.39. The van der Waals surface area contributed by atoms with E-state index in [1.54, 1.807) is 10.7 Å². The van der Waals surface area contributed by atoms with Crippen molar-refractivity contribution in [2.45, 2.75) is 39.0 Å². The van der Waals surface area contributed by atoms with Crippen LogP contribution in [0.4, 0.5) is 0 Å². The Morgan fingerprint density at radius 1 is 1.33 bits per heavy atom. The molecule has 0 N–H and O–H groups in total. The summed E-state index contributed by atoms with van der Waals surface area (Å²) in [6.07, 6.45) is 10.4. The highest BCUT2D eigenvalue weighted by molar-refractivity contribution is 5.34. The van der Waals surface area contributed by atoms with Crippen LogP contribution >= 0.6 is 0 Å². The Morgan fingerprint density at radius 3 is 3.13 bits per heavy atom. The zero-order valence-corrected chi connectivity index (χ0v) is 8.98. The summed E-state index contributed by atoms with van der Waals surface area (Å²) in [4.78, 5) is 8.53. The number of nitrogens with zero attached hydrogens (tertiary/aromatic N) is 4. The van der Waals surface area contributed by atoms with Crippen LogP contribution in [0.25, 0.3) is 5.65 Å². The molecule has 15 heavy (non-hydrogen) atoms. The fourth-order valence-electron chi connectivity index (χ4n) is 1.54. The summed E-state index contributed by atoms with van der Waals surface area (Å²) < 4.78 is 1.57. The minimum atomic E-state index is 0.829. The second-order valence-electron chi connectivity index (χ2n) is 3.65. The molecule has 2 aromatic rings. The van der Waals surface area contributed by atoms with Crippen molar-refractivity contribution in [1.29, 1.82) is 0 Å². The van der Waals surface area contributed by atoms with Crippen LogP contribution in [0.1, 0.15) is 38.4 Å². The molecule has 0 bridgehead atoms. The molecule has 0 saturated heterocycles. The van der Waals surface area contributed by atoms with Crippen LogP contribution < -0.4 is 0 Å². The molecule has 2 aromatic heterocycles. The second kappa shape index (κ2) is 4.87. The molecule has 0 saturated carbocycles. The summed E-state index contributed by atoms with van der Waals surface area (Å²) in [5.74, 6) is 0.874. The quantitative estimate of drug-likeness (QED) is 0.698. The first-order valence-electron chi connectivity index (χ1n) is 5.48. The topological polar surface area (TPSA) is 43.1 Å². The minimum Gasteiger partial charge on any atom is -0.214 e. The fraction of sp³-hybridized carbons (Fsp3) is 0.545. The molecule has 0 spiro atoms. The first kappa shape index (κ1) is 10.1. The van der Waals surface area contributed by atoms with Crippen molar-refractivity contribution in [3.05, 3.63) is 24.4 Å². The molecule has 4 nitrogen and oxygen atoms in total. The van der Waals surface area contributed by atoms with Gasteiger partial charge in [-0.1, -0.05) is 26.2 Å². The number of fused-ring (bicyclic) bond motifs is 1. The predicted octanol–water partition coefficient (Wildman–Crippen LogP) is 2.05. The van der Waals surface area contributed by atoms with E-state index >= 15 is 0 Å². The summed E-state index contributed by atoms with van der Waals surface area (Å²) >= 11 is 0. The van der Waals surface area contributed by atoms with Crippen molar-refractivity contribution in [1.82, 2.24) is 19.6 Å². The molecule has 0 fully saturated rings. The Hall–Kier alpha value is -1.45. The van der Waals surface area contributed by atoms with Gasteiger partial charge in [0.15, 0.2) is 5.65 Å². The van der Waals surface area contributed by atoms with Crippen molar-refractivity contribution in [2.24, 2.45) is 0 Å². The van der Waals surface area contributed by atoms with Gasteiger partial charge in [-0.15, -0.1) is 0 Å². The monoisotopic (exact) mass is 203 g/mol. The SMILES string of the molecule is CCCCCCc1n[c]n2nccc2n1. The summed E-state index contributed by atoms with van der Waals surface area (Å²) in [6, 6.07) is 1.87. The molecule has 4 heteroatoms. The highest BCUT2D eigenvalue weighted by Crippen LogP contribution is 2.04. The summed E-state index contributed by atoms with van der Waals surface area (Å²) in [7, 11) is 0. The Morgan fingerprint density at radius 2 is 2.27 bits per heavy atom. The molecule has 79 valence electrons. The van der Waals surface area contributed by atoms with Crippen LogP contribution in [0.3, 0.4) is 0 Å². The summed E-state index contributed by atoms with van der Waals surface area (Å²) in [6.45, 7) is 2.21. The fourth-order valence-corrected chi connectivity index (χ4v) is 1.54. The second-order valence-corrected chi connectivity index (χ2v) is 3.65. The van der Waals surface area contributed by atoms with E-state index < -0.39 is 0 Å². The largest absolute Gasteiger partial charge is 0.214 e. The minimum absolute atomic E-state index is 0.829. The maximum Gasteiger partial charge on any atom is 0.202 e. The van der Waals surface area contributed by atoms with E-state index in [2.05, 4.69) is 28.3 Å². The van der Waals surface area contributed by atoms with E-state index in [-0.39, 0.29) is 0 Å². The van der Waals surface area contributed by atoms with Crippen LogP contribution in [0.5, 0.6) is 0 Å². The summed E-state index contributed by atoms with van der Waals surface area (Å²) in [5, 5.41) is 4.01. The first-order chi connectivity index (χ1) is 7.40. The van der Waals surface area contributed by atoms with Gasteiger partial charge in [-0.2, -0.15) is 9.61 Å². The average molecular weight is 203 g/mol. The van der Waals surface area contributed by atoms with Crippen molar-refractivity contribution in [3.8, 4) is 0 Å². The van der Waals surface area contributed by atoms with Gasteiger partial charge >= 0.3 is 0 Å². The molecule has 0 aliphatic rings. The highest BCUT2D eigenvalue weighted by Gasteiger charge is 2.00. The molecule has 1 radical (unpaired) electrons. The van der Waals surface area contributed by atoms with E-state index in [9.17, 15) is 0 Å². The standard InChI is InChI=1S/C11H15N4/c1-2-3-4-5-6-10-12-9-15-11(14-10)7-8-13-15/h7-8H,2-6H2,1H3. The molecule has 2 rings (SSSR count). The third-order valence-corrected chi connectivity index (χ3v) is 2.39. The Kier molecular flexibility index (Phi) is 3.27. The van der Waals surface area contributed by atoms with Crippen molar-refractivity contribution < 1.29 is 0 Å². The number of aryl methyl sites for hydroxylation is 1. The number of aromatic nitrogens is 4. The highest BCUT2D eigenvalue weighted by atomic mass is 15.3. The molecule has 2 heterocycles. The van der Waals surface area contributed by atoms with Crippen molar-refractivity contribution in [2.75, 3.05) is 0 Å². The van der Waals surface area contributed by atoms with Gasteiger partial charge in [0.1, 0.15) is 5.82 Å². The molecule has 0 aliphatic carbocycles. The maximum absolute atomic E-state index is 4.39. The van der Waals surface area contributed by atoms with Crippen LogP contribution in [-0.2, 0) is 6.42 Å². The van der Waals surface area contributed by atoms with Gasteiger partial charge in [0.2, 0.25) is 6.33 Å². The molecule has 0 atom stereocenters. The van der Waals surface area contributed by atoms with Gasteiger partial charge in [-0.3, -0.25) is 0 Å². The lowest BCUT2D eigenvalue weighted by Gasteiger charge is -1.99. The first-order valence-corrected chi connectivity index (χ1v) is 5.48. The third-order valence-electron chi connectivity index (χ3n) is 2.39. The number of hydrogen-bond donors (Lipinski definition) is 0. The lowest BCUT2D eigenvalue weighted by molar-refractivity contribution is 0.649. The number of hydrogen-bond acceptors (Lipinski definition) is 3. The van der Waals surface area contributed by atoms with E-state index in [4.69, 9.17) is 0 Å². The van der Waals surface area contributed by atoms with Gasteiger partial charge in [-0.25, -0.2) is 9.97 Å². The van der Waals surface area contributed by atoms with Crippen LogP contribution in [0.15, 0.2) is 12.3 Å². The van der Waals surface area contributed by atoms with Gasteiger partial charge in [0, 0.05) is 12.5 Å². The number of rotatable bonds is 5. The van der Waals surface area contributed by atoms with Crippen LogP contribution in [-0.4, -0.2) is 19.6 Å². The normalized spacial score (nSPS) is 11.0. The van der Waals surface area contributed by atoms with Gasteiger partial charge < -0.3 is 0 Å². The van der Waals surface area contributed by atoms with E-state index in [0.717, 1.165) is 24.3 Å². The number of unbranched alkanes of at least 4 members (excludes halogenated alkanes) is 3. The van der Waals surface area contributed by atoms with Gasteiger partial charge in [0.25, 0.3) is 0 Å². The van der Waals surface area contributed by atoms with Crippen molar-refractivity contribution >= 4 is 5.65 Å². The van der Waals surface area contributed by atoms with E-state index in [0.29, 0.717) is 0 Å². The predicted molar refractivity (Wildman–Crippen MR) is 57.5 cm³/mol. The lowest BCUT2D eigenvalue weighted by Crippen LogP contribution is -2.00. The van der Waals surface area contributed by atoms with Gasteiger partial charge in [-0.05, 0) is 6.42 Å². The van der Waals surface area contributed by atoms with Crippen LogP contribution in [0, 0.1) is 6.33 Å². The molecule has 0 unspecified atom stereocenters. The molecule has 0 amide bonds. The molecule has 0 aliphatic heterocycles. The lowest BCUT2D eigenvalue weighted by atomic mass is 10.1. The zero-order valence-electron chi connectivity index (χ0n) is 8.98. The zero-order chi connectivity index (χ0) is 10.5. The van der Waals surface area contributed by atoms with Crippen molar-refractivity contribution in [3.63, 3.8) is 0 Å². The average Bonchev–Trinajstić information content (AvgIpc) is 2.71. The molecular formula is C11H15N4. The van der Waals surface area contributed by atoms with E-state index in [1.165, 1.54) is 19.3 Å². The molecule has 0 aromatic carbocycles. The van der Waals surface area contributed by atoms with Crippen LogP contribution in [0.2, 0.25) is 0 Å². The Bertz CT molecular complexity index is 421. The smallest absolute Gasteiger partial charge is 0.202 e. The van der Waals surface area contributed by atoms with E-state index in [1.807, 2.05) is 6.07 Å².